The molecule has 2 heterocycles. The summed E-state index contributed by atoms with van der Waals surface area (Å²) in [5, 5.41) is 7.75. The van der Waals surface area contributed by atoms with Gasteiger partial charge in [0.25, 0.3) is 0 Å². The average molecular weight is 288 g/mol. The fourth-order valence-corrected chi connectivity index (χ4v) is 2.86. The minimum Gasteiger partial charge on any atom is -0.316 e. The molecule has 0 spiro atoms. The Morgan fingerprint density at radius 3 is 2.90 bits per heavy atom. The minimum absolute atomic E-state index is 0.226. The standard InChI is InChI=1S/C16H21FN4/c1-20(10-13-6-7-18-8-13)11-14-9-19-21(12-14)16-4-2-15(17)3-5-16/h2-5,9,12-13,18H,6-8,10-11H2,1H3/t13-/m0/s1. The van der Waals surface area contributed by atoms with Crippen LogP contribution >= 0.6 is 0 Å². The summed E-state index contributed by atoms with van der Waals surface area (Å²) in [7, 11) is 2.15. The van der Waals surface area contributed by atoms with Crippen LogP contribution in [0, 0.1) is 11.7 Å². The minimum atomic E-state index is -0.226. The van der Waals surface area contributed by atoms with Crippen molar-refractivity contribution in [1.82, 2.24) is 20.0 Å². The van der Waals surface area contributed by atoms with Gasteiger partial charge in [-0.1, -0.05) is 0 Å². The molecule has 1 aliphatic rings. The number of nitrogens with one attached hydrogen (secondary N) is 1. The van der Waals surface area contributed by atoms with Crippen LogP contribution in [0.5, 0.6) is 0 Å². The molecule has 2 aromatic rings. The van der Waals surface area contributed by atoms with E-state index in [0.717, 1.165) is 37.8 Å². The molecule has 4 nitrogen and oxygen atoms in total. The van der Waals surface area contributed by atoms with Gasteiger partial charge in [-0.05, 0) is 56.7 Å². The zero-order valence-corrected chi connectivity index (χ0v) is 12.3. The van der Waals surface area contributed by atoms with Crippen LogP contribution in [0.25, 0.3) is 5.69 Å². The molecule has 21 heavy (non-hydrogen) atoms. The second kappa shape index (κ2) is 6.37. The second-order valence-electron chi connectivity index (χ2n) is 5.83. The first kappa shape index (κ1) is 14.2. The third-order valence-electron chi connectivity index (χ3n) is 3.91. The fourth-order valence-electron chi connectivity index (χ4n) is 2.86. The van der Waals surface area contributed by atoms with Crippen LogP contribution in [0.15, 0.2) is 36.7 Å². The molecular weight excluding hydrogens is 267 g/mol. The summed E-state index contributed by atoms with van der Waals surface area (Å²) < 4.78 is 14.7. The van der Waals surface area contributed by atoms with Crippen LogP contribution in [-0.2, 0) is 6.54 Å². The van der Waals surface area contributed by atoms with Crippen molar-refractivity contribution >= 4 is 0 Å². The molecule has 1 aromatic heterocycles. The molecule has 0 unspecified atom stereocenters. The Balaban J connectivity index is 1.60. The highest BCUT2D eigenvalue weighted by molar-refractivity contribution is 5.31. The van der Waals surface area contributed by atoms with Crippen molar-refractivity contribution in [2.75, 3.05) is 26.7 Å². The number of nitrogens with zero attached hydrogens (tertiary/aromatic N) is 3. The summed E-state index contributed by atoms with van der Waals surface area (Å²) in [6.07, 6.45) is 5.16. The predicted molar refractivity (Wildman–Crippen MR) is 80.8 cm³/mol. The Hall–Kier alpha value is -1.72. The molecule has 1 fully saturated rings. The molecule has 0 radical (unpaired) electrons. The second-order valence-corrected chi connectivity index (χ2v) is 5.83. The van der Waals surface area contributed by atoms with Crippen LogP contribution in [0.4, 0.5) is 4.39 Å². The number of rotatable bonds is 5. The van der Waals surface area contributed by atoms with Crippen molar-refractivity contribution in [3.05, 3.63) is 48.0 Å². The third-order valence-corrected chi connectivity index (χ3v) is 3.91. The van der Waals surface area contributed by atoms with Gasteiger partial charge in [0.05, 0.1) is 11.9 Å². The first-order valence-corrected chi connectivity index (χ1v) is 7.39. The summed E-state index contributed by atoms with van der Waals surface area (Å²) in [4.78, 5) is 2.34. The van der Waals surface area contributed by atoms with E-state index in [9.17, 15) is 4.39 Å². The van der Waals surface area contributed by atoms with Crippen LogP contribution in [0.3, 0.4) is 0 Å². The van der Waals surface area contributed by atoms with Gasteiger partial charge in [0.2, 0.25) is 0 Å². The maximum Gasteiger partial charge on any atom is 0.123 e. The third kappa shape index (κ3) is 3.68. The van der Waals surface area contributed by atoms with Gasteiger partial charge < -0.3 is 10.2 Å². The molecule has 3 rings (SSSR count). The largest absolute Gasteiger partial charge is 0.316 e. The van der Waals surface area contributed by atoms with E-state index in [-0.39, 0.29) is 5.82 Å². The van der Waals surface area contributed by atoms with Crippen molar-refractivity contribution in [3.63, 3.8) is 0 Å². The van der Waals surface area contributed by atoms with E-state index in [1.54, 1.807) is 16.8 Å². The molecule has 1 aromatic carbocycles. The normalized spacial score (nSPS) is 18.5. The molecule has 0 aliphatic carbocycles. The lowest BCUT2D eigenvalue weighted by Gasteiger charge is -2.19. The lowest BCUT2D eigenvalue weighted by molar-refractivity contribution is 0.278. The first-order valence-electron chi connectivity index (χ1n) is 7.39. The van der Waals surface area contributed by atoms with E-state index in [2.05, 4.69) is 22.4 Å². The smallest absolute Gasteiger partial charge is 0.123 e. The quantitative estimate of drug-likeness (QED) is 0.914. The Morgan fingerprint density at radius 1 is 1.38 bits per heavy atom. The zero-order valence-electron chi connectivity index (χ0n) is 12.3. The van der Waals surface area contributed by atoms with Gasteiger partial charge in [-0.2, -0.15) is 5.10 Å². The molecule has 5 heteroatoms. The number of benzene rings is 1. The first-order chi connectivity index (χ1) is 10.2. The van der Waals surface area contributed by atoms with E-state index in [1.807, 2.05) is 12.4 Å². The highest BCUT2D eigenvalue weighted by Crippen LogP contribution is 2.13. The maximum absolute atomic E-state index is 12.9. The summed E-state index contributed by atoms with van der Waals surface area (Å²) in [5.41, 5.74) is 2.05. The van der Waals surface area contributed by atoms with Gasteiger partial charge >= 0.3 is 0 Å². The summed E-state index contributed by atoms with van der Waals surface area (Å²) in [6, 6.07) is 6.38. The Kier molecular flexibility index (Phi) is 4.31. The molecule has 0 bridgehead atoms. The van der Waals surface area contributed by atoms with Gasteiger partial charge in [-0.25, -0.2) is 9.07 Å². The Morgan fingerprint density at radius 2 is 2.19 bits per heavy atom. The molecule has 1 atom stereocenters. The SMILES string of the molecule is CN(Cc1cnn(-c2ccc(F)cc2)c1)C[C@H]1CCNC1. The molecule has 1 saturated heterocycles. The van der Waals surface area contributed by atoms with Crippen molar-refractivity contribution in [2.45, 2.75) is 13.0 Å². The van der Waals surface area contributed by atoms with Crippen LogP contribution in [-0.4, -0.2) is 41.4 Å². The summed E-state index contributed by atoms with van der Waals surface area (Å²) >= 11 is 0. The molecular formula is C16H21FN4. The van der Waals surface area contributed by atoms with Crippen LogP contribution in [0.2, 0.25) is 0 Å². The van der Waals surface area contributed by atoms with E-state index in [1.165, 1.54) is 24.1 Å². The molecule has 0 amide bonds. The zero-order chi connectivity index (χ0) is 14.7. The van der Waals surface area contributed by atoms with Crippen molar-refractivity contribution < 1.29 is 4.39 Å². The van der Waals surface area contributed by atoms with E-state index in [4.69, 9.17) is 0 Å². The van der Waals surface area contributed by atoms with E-state index in [0.29, 0.717) is 0 Å². The lowest BCUT2D eigenvalue weighted by Crippen LogP contribution is -2.26. The lowest BCUT2D eigenvalue weighted by atomic mass is 10.1. The van der Waals surface area contributed by atoms with Gasteiger partial charge in [-0.3, -0.25) is 0 Å². The maximum atomic E-state index is 12.9. The molecule has 0 saturated carbocycles. The number of aromatic nitrogens is 2. The highest BCUT2D eigenvalue weighted by atomic mass is 19.1. The number of hydrogen-bond donors (Lipinski definition) is 1. The number of hydrogen-bond acceptors (Lipinski definition) is 3. The molecule has 1 aliphatic heterocycles. The number of halogens is 1. The van der Waals surface area contributed by atoms with Gasteiger partial charge in [0.1, 0.15) is 5.82 Å². The predicted octanol–water partition coefficient (Wildman–Crippen LogP) is 2.05. The van der Waals surface area contributed by atoms with Gasteiger partial charge in [0.15, 0.2) is 0 Å². The fraction of sp³-hybridized carbons (Fsp3) is 0.438. The van der Waals surface area contributed by atoms with Crippen molar-refractivity contribution in [3.8, 4) is 5.69 Å². The van der Waals surface area contributed by atoms with Crippen LogP contribution in [0.1, 0.15) is 12.0 Å². The van der Waals surface area contributed by atoms with E-state index >= 15 is 0 Å². The summed E-state index contributed by atoms with van der Waals surface area (Å²) in [5.74, 6) is 0.526. The van der Waals surface area contributed by atoms with Gasteiger partial charge in [0, 0.05) is 24.8 Å². The average Bonchev–Trinajstić information content (AvgIpc) is 3.11. The molecule has 1 N–H and O–H groups in total. The van der Waals surface area contributed by atoms with Crippen molar-refractivity contribution in [1.29, 1.82) is 0 Å². The monoisotopic (exact) mass is 288 g/mol. The van der Waals surface area contributed by atoms with E-state index < -0.39 is 0 Å². The Bertz CT molecular complexity index is 572. The van der Waals surface area contributed by atoms with Crippen LogP contribution < -0.4 is 5.32 Å². The Labute approximate surface area is 124 Å². The molecule has 112 valence electrons. The summed E-state index contributed by atoms with van der Waals surface area (Å²) in [6.45, 7) is 4.26. The highest BCUT2D eigenvalue weighted by Gasteiger charge is 2.16. The van der Waals surface area contributed by atoms with Gasteiger partial charge in [-0.15, -0.1) is 0 Å². The van der Waals surface area contributed by atoms with Crippen molar-refractivity contribution in [2.24, 2.45) is 5.92 Å². The topological polar surface area (TPSA) is 33.1 Å².